The first kappa shape index (κ1) is 9.83. The Morgan fingerprint density at radius 1 is 1.33 bits per heavy atom. The molecule has 0 saturated carbocycles. The van der Waals surface area contributed by atoms with Crippen LogP contribution in [0.15, 0.2) is 0 Å². The van der Waals surface area contributed by atoms with Gasteiger partial charge in [-0.05, 0) is 6.42 Å². The molecule has 0 heterocycles. The first-order chi connectivity index (χ1) is 4.22. The molecule has 0 aliphatic carbocycles. The minimum atomic E-state index is -0.568. The van der Waals surface area contributed by atoms with Crippen molar-refractivity contribution in [2.75, 3.05) is 11.8 Å². The number of halogens is 3. The highest BCUT2D eigenvalue weighted by molar-refractivity contribution is 6.28. The van der Waals surface area contributed by atoms with Crippen LogP contribution in [0.2, 0.25) is 0 Å². The number of rotatable bonds is 4. The second-order valence-electron chi connectivity index (χ2n) is 1.72. The maximum atomic E-state index is 9.02. The highest BCUT2D eigenvalue weighted by Gasteiger charge is 2.13. The SMILES string of the molecule is OC(CCCl)C(Cl)CCl. The fraction of sp³-hybridized carbons (Fsp3) is 1.00. The highest BCUT2D eigenvalue weighted by atomic mass is 35.5. The molecular weight excluding hydrogens is 182 g/mol. The molecule has 0 fully saturated rings. The molecule has 0 aromatic rings. The quantitative estimate of drug-likeness (QED) is 0.672. The van der Waals surface area contributed by atoms with Gasteiger partial charge in [0.25, 0.3) is 0 Å². The summed E-state index contributed by atoms with van der Waals surface area (Å²) in [6.07, 6.45) is -0.0655. The Hall–Kier alpha value is 0.830. The summed E-state index contributed by atoms with van der Waals surface area (Å²) < 4.78 is 0. The molecule has 2 atom stereocenters. The van der Waals surface area contributed by atoms with Crippen LogP contribution in [0.1, 0.15) is 6.42 Å². The maximum absolute atomic E-state index is 9.02. The number of hydrogen-bond acceptors (Lipinski definition) is 1. The second kappa shape index (κ2) is 5.60. The van der Waals surface area contributed by atoms with Crippen LogP contribution >= 0.6 is 34.8 Å². The van der Waals surface area contributed by atoms with Gasteiger partial charge in [-0.25, -0.2) is 0 Å². The van der Waals surface area contributed by atoms with Gasteiger partial charge in [0, 0.05) is 11.8 Å². The summed E-state index contributed by atoms with van der Waals surface area (Å²) in [4.78, 5) is 0. The number of aliphatic hydroxyl groups is 1. The van der Waals surface area contributed by atoms with Gasteiger partial charge in [0.2, 0.25) is 0 Å². The summed E-state index contributed by atoms with van der Waals surface area (Å²) in [5.41, 5.74) is 0. The number of hydrogen-bond donors (Lipinski definition) is 1. The zero-order valence-corrected chi connectivity index (χ0v) is 7.12. The van der Waals surface area contributed by atoms with Crippen molar-refractivity contribution >= 4 is 34.8 Å². The molecule has 0 saturated heterocycles. The molecule has 56 valence electrons. The fourth-order valence-corrected chi connectivity index (χ4v) is 0.951. The van der Waals surface area contributed by atoms with Crippen molar-refractivity contribution in [3.63, 3.8) is 0 Å². The summed E-state index contributed by atoms with van der Waals surface area (Å²) >= 11 is 16.2. The lowest BCUT2D eigenvalue weighted by Gasteiger charge is -2.11. The molecule has 0 aromatic carbocycles. The smallest absolute Gasteiger partial charge is 0.0730 e. The highest BCUT2D eigenvalue weighted by Crippen LogP contribution is 2.08. The Bertz CT molecular complexity index is 69.2. The molecule has 0 aliphatic heterocycles. The van der Waals surface area contributed by atoms with Crippen molar-refractivity contribution in [2.24, 2.45) is 0 Å². The fourth-order valence-electron chi connectivity index (χ4n) is 0.395. The minimum Gasteiger partial charge on any atom is -0.392 e. The van der Waals surface area contributed by atoms with Gasteiger partial charge in [0.15, 0.2) is 0 Å². The third-order valence-electron chi connectivity index (χ3n) is 0.970. The molecule has 0 bridgehead atoms. The summed E-state index contributed by atoms with van der Waals surface area (Å²) in [7, 11) is 0. The van der Waals surface area contributed by atoms with E-state index in [0.717, 1.165) is 0 Å². The van der Waals surface area contributed by atoms with E-state index in [9.17, 15) is 0 Å². The second-order valence-corrected chi connectivity index (χ2v) is 2.96. The molecule has 0 aliphatic rings. The Kier molecular flexibility index (Phi) is 6.12. The summed E-state index contributed by atoms with van der Waals surface area (Å²) in [5, 5.41) is 8.65. The van der Waals surface area contributed by atoms with E-state index in [2.05, 4.69) is 0 Å². The molecule has 1 N–H and O–H groups in total. The number of alkyl halides is 3. The van der Waals surface area contributed by atoms with E-state index in [4.69, 9.17) is 39.9 Å². The van der Waals surface area contributed by atoms with Gasteiger partial charge < -0.3 is 5.11 Å². The molecular formula is C5H9Cl3O. The topological polar surface area (TPSA) is 20.2 Å². The molecule has 0 aromatic heterocycles. The zero-order chi connectivity index (χ0) is 7.28. The van der Waals surface area contributed by atoms with Gasteiger partial charge in [-0.1, -0.05) is 0 Å². The van der Waals surface area contributed by atoms with Crippen LogP contribution in [0.5, 0.6) is 0 Å². The lowest BCUT2D eigenvalue weighted by Crippen LogP contribution is -2.22. The van der Waals surface area contributed by atoms with Crippen LogP contribution in [-0.4, -0.2) is 28.3 Å². The van der Waals surface area contributed by atoms with Crippen LogP contribution < -0.4 is 0 Å². The first-order valence-electron chi connectivity index (χ1n) is 2.66. The van der Waals surface area contributed by atoms with Gasteiger partial charge in [0.1, 0.15) is 0 Å². The van der Waals surface area contributed by atoms with Gasteiger partial charge in [-0.2, -0.15) is 0 Å². The largest absolute Gasteiger partial charge is 0.392 e. The first-order valence-corrected chi connectivity index (χ1v) is 4.17. The number of aliphatic hydroxyl groups excluding tert-OH is 1. The maximum Gasteiger partial charge on any atom is 0.0730 e. The Balaban J connectivity index is 3.32. The Labute approximate surface area is 69.9 Å². The van der Waals surface area contributed by atoms with E-state index < -0.39 is 6.10 Å². The van der Waals surface area contributed by atoms with Crippen LogP contribution in [0.4, 0.5) is 0 Å². The van der Waals surface area contributed by atoms with E-state index in [-0.39, 0.29) is 11.3 Å². The molecule has 2 unspecified atom stereocenters. The van der Waals surface area contributed by atoms with Crippen molar-refractivity contribution in [3.8, 4) is 0 Å². The average Bonchev–Trinajstić information content (AvgIpc) is 1.87. The van der Waals surface area contributed by atoms with Gasteiger partial charge in [-0.3, -0.25) is 0 Å². The molecule has 4 heteroatoms. The third-order valence-corrected chi connectivity index (χ3v) is 2.12. The molecule has 0 spiro atoms. The van der Waals surface area contributed by atoms with Gasteiger partial charge >= 0.3 is 0 Å². The van der Waals surface area contributed by atoms with Crippen molar-refractivity contribution < 1.29 is 5.11 Å². The Morgan fingerprint density at radius 3 is 2.22 bits per heavy atom. The van der Waals surface area contributed by atoms with Crippen LogP contribution in [-0.2, 0) is 0 Å². The molecule has 0 radical (unpaired) electrons. The van der Waals surface area contributed by atoms with Crippen molar-refractivity contribution in [3.05, 3.63) is 0 Å². The van der Waals surface area contributed by atoms with E-state index in [1.807, 2.05) is 0 Å². The summed E-state index contributed by atoms with van der Waals surface area (Å²) in [5.74, 6) is 0.681. The van der Waals surface area contributed by atoms with E-state index in [0.29, 0.717) is 12.3 Å². The van der Waals surface area contributed by atoms with Crippen LogP contribution in [0.3, 0.4) is 0 Å². The summed E-state index contributed by atoms with van der Waals surface area (Å²) in [6, 6.07) is 0. The zero-order valence-electron chi connectivity index (χ0n) is 4.86. The minimum absolute atomic E-state index is 0.264. The van der Waals surface area contributed by atoms with Crippen molar-refractivity contribution in [1.82, 2.24) is 0 Å². The van der Waals surface area contributed by atoms with E-state index >= 15 is 0 Å². The lowest BCUT2D eigenvalue weighted by molar-refractivity contribution is 0.171. The predicted molar refractivity (Wildman–Crippen MR) is 41.7 cm³/mol. The van der Waals surface area contributed by atoms with Crippen LogP contribution in [0, 0.1) is 0 Å². The van der Waals surface area contributed by atoms with Gasteiger partial charge in [0.05, 0.1) is 11.5 Å². The van der Waals surface area contributed by atoms with E-state index in [1.54, 1.807) is 0 Å². The molecule has 9 heavy (non-hydrogen) atoms. The van der Waals surface area contributed by atoms with E-state index in [1.165, 1.54) is 0 Å². The standard InChI is InChI=1S/C5H9Cl3O/c6-2-1-5(9)4(8)3-7/h4-5,9H,1-3H2. The molecule has 0 rings (SSSR count). The van der Waals surface area contributed by atoms with Crippen molar-refractivity contribution in [1.29, 1.82) is 0 Å². The third kappa shape index (κ3) is 4.26. The molecule has 1 nitrogen and oxygen atoms in total. The van der Waals surface area contributed by atoms with Crippen molar-refractivity contribution in [2.45, 2.75) is 17.9 Å². The van der Waals surface area contributed by atoms with Gasteiger partial charge in [-0.15, -0.1) is 34.8 Å². The summed E-state index contributed by atoms with van der Waals surface area (Å²) in [6.45, 7) is 0. The normalized spacial score (nSPS) is 17.3. The Morgan fingerprint density at radius 2 is 1.89 bits per heavy atom. The molecule has 0 amide bonds. The monoisotopic (exact) mass is 190 g/mol. The van der Waals surface area contributed by atoms with Crippen LogP contribution in [0.25, 0.3) is 0 Å². The average molecular weight is 191 g/mol. The lowest BCUT2D eigenvalue weighted by atomic mass is 10.2. The predicted octanol–water partition coefficient (Wildman–Crippen LogP) is 1.82.